The molecule has 0 aromatic heterocycles. The highest BCUT2D eigenvalue weighted by Gasteiger charge is 2.15. The smallest absolute Gasteiger partial charge is 0.269 e. The van der Waals surface area contributed by atoms with Gasteiger partial charge < -0.3 is 4.55 Å². The Morgan fingerprint density at radius 2 is 2.25 bits per heavy atom. The molecule has 7 heteroatoms. The maximum Gasteiger partial charge on any atom is 0.269 e. The Labute approximate surface area is 93.9 Å². The van der Waals surface area contributed by atoms with Crippen LogP contribution < -0.4 is 0 Å². The van der Waals surface area contributed by atoms with Crippen LogP contribution in [0.15, 0.2) is 24.3 Å². The minimum absolute atomic E-state index is 0.189. The minimum Gasteiger partial charge on any atom is -0.772 e. The summed E-state index contributed by atoms with van der Waals surface area (Å²) < 4.78 is 21.7. The Morgan fingerprint density at radius 3 is 2.75 bits per heavy atom. The summed E-state index contributed by atoms with van der Waals surface area (Å²) in [5.41, 5.74) is 0.0648. The van der Waals surface area contributed by atoms with E-state index >= 15 is 0 Å². The van der Waals surface area contributed by atoms with Gasteiger partial charge in [-0.25, -0.2) is 0 Å². The molecule has 84 valence electrons. The van der Waals surface area contributed by atoms with E-state index in [2.05, 4.69) is 0 Å². The predicted octanol–water partition coefficient (Wildman–Crippen LogP) is 1.43. The number of non-ortho nitro benzene ring substituents is 1. The highest BCUT2D eigenvalue weighted by molar-refractivity contribution is 7.79. The molecule has 2 unspecified atom stereocenters. The van der Waals surface area contributed by atoms with Crippen molar-refractivity contribution < 1.29 is 13.7 Å². The topological polar surface area (TPSA) is 107 Å². The van der Waals surface area contributed by atoms with Crippen LogP contribution in [0.3, 0.4) is 0 Å². The maximum absolute atomic E-state index is 10.9. The number of benzene rings is 1. The van der Waals surface area contributed by atoms with E-state index in [-0.39, 0.29) is 17.7 Å². The van der Waals surface area contributed by atoms with Gasteiger partial charge in [0.1, 0.15) is 0 Å². The van der Waals surface area contributed by atoms with Gasteiger partial charge in [0, 0.05) is 12.1 Å². The second-order valence-corrected chi connectivity index (χ2v) is 4.05. The van der Waals surface area contributed by atoms with Crippen LogP contribution in [0.2, 0.25) is 0 Å². The molecular weight excluding hydrogens is 232 g/mol. The van der Waals surface area contributed by atoms with Gasteiger partial charge in [0.2, 0.25) is 0 Å². The molecular formula is C9H7N2O4S-. The summed E-state index contributed by atoms with van der Waals surface area (Å²) in [4.78, 5) is 9.88. The summed E-state index contributed by atoms with van der Waals surface area (Å²) in [6.07, 6.45) is -0.225. The van der Waals surface area contributed by atoms with Gasteiger partial charge in [0.05, 0.1) is 22.7 Å². The third kappa shape index (κ3) is 2.85. The van der Waals surface area contributed by atoms with Gasteiger partial charge in [0.15, 0.2) is 0 Å². The summed E-state index contributed by atoms with van der Waals surface area (Å²) in [6, 6.07) is 7.01. The third-order valence-electron chi connectivity index (χ3n) is 1.96. The van der Waals surface area contributed by atoms with E-state index in [1.54, 1.807) is 6.07 Å². The van der Waals surface area contributed by atoms with Crippen molar-refractivity contribution in [2.24, 2.45) is 0 Å². The van der Waals surface area contributed by atoms with Gasteiger partial charge in [-0.3, -0.25) is 14.3 Å². The number of nitrogens with zero attached hydrogens (tertiary/aromatic N) is 2. The van der Waals surface area contributed by atoms with Crippen LogP contribution in [0.1, 0.15) is 17.2 Å². The molecule has 6 nitrogen and oxygen atoms in total. The standard InChI is InChI=1S/C9H8N2O4S/c10-5-4-9(16(14)15)7-2-1-3-8(6-7)11(12)13/h1-3,6,9H,4H2,(H,14,15)/p-1. The summed E-state index contributed by atoms with van der Waals surface area (Å²) in [5.74, 6) is 0. The zero-order valence-corrected chi connectivity index (χ0v) is 8.85. The third-order valence-corrected chi connectivity index (χ3v) is 2.87. The highest BCUT2D eigenvalue weighted by Crippen LogP contribution is 2.25. The average Bonchev–Trinajstić information content (AvgIpc) is 2.25. The minimum atomic E-state index is -2.47. The number of nitro benzene ring substituents is 1. The fourth-order valence-corrected chi connectivity index (χ4v) is 1.80. The molecule has 0 fully saturated rings. The lowest BCUT2D eigenvalue weighted by Crippen LogP contribution is -2.05. The molecule has 0 N–H and O–H groups in total. The molecule has 1 aromatic rings. The molecule has 0 amide bonds. The summed E-state index contributed by atoms with van der Waals surface area (Å²) in [7, 11) is 0. The molecule has 0 aliphatic carbocycles. The van der Waals surface area contributed by atoms with Crippen molar-refractivity contribution >= 4 is 16.8 Å². The van der Waals surface area contributed by atoms with Crippen LogP contribution >= 0.6 is 0 Å². The van der Waals surface area contributed by atoms with E-state index in [1.807, 2.05) is 0 Å². The lowest BCUT2D eigenvalue weighted by molar-refractivity contribution is -0.384. The molecule has 1 aromatic carbocycles. The predicted molar refractivity (Wildman–Crippen MR) is 55.0 cm³/mol. The average molecular weight is 239 g/mol. The van der Waals surface area contributed by atoms with Crippen molar-refractivity contribution in [2.45, 2.75) is 11.7 Å². The Bertz CT molecular complexity index is 469. The first kappa shape index (κ1) is 12.3. The SMILES string of the molecule is N#CCC(c1cccc([N+](=O)[O-])c1)S(=O)[O-]. The largest absolute Gasteiger partial charge is 0.772 e. The Hall–Kier alpha value is -1.78. The van der Waals surface area contributed by atoms with Crippen LogP contribution in [0.4, 0.5) is 5.69 Å². The van der Waals surface area contributed by atoms with Crippen molar-refractivity contribution in [3.05, 3.63) is 39.9 Å². The molecule has 2 atom stereocenters. The second-order valence-electron chi connectivity index (χ2n) is 2.96. The fraction of sp³-hybridized carbons (Fsp3) is 0.222. The zero-order chi connectivity index (χ0) is 12.1. The first-order valence-electron chi connectivity index (χ1n) is 4.25. The molecule has 0 saturated carbocycles. The van der Waals surface area contributed by atoms with Crippen LogP contribution in [0.25, 0.3) is 0 Å². The van der Waals surface area contributed by atoms with Crippen molar-refractivity contribution in [2.75, 3.05) is 0 Å². The quantitative estimate of drug-likeness (QED) is 0.448. The maximum atomic E-state index is 10.9. The van der Waals surface area contributed by atoms with Crippen molar-refractivity contribution in [1.29, 1.82) is 5.26 Å². The van der Waals surface area contributed by atoms with Crippen molar-refractivity contribution in [3.8, 4) is 6.07 Å². The van der Waals surface area contributed by atoms with Gasteiger partial charge >= 0.3 is 0 Å². The molecule has 0 aliphatic heterocycles. The molecule has 16 heavy (non-hydrogen) atoms. The van der Waals surface area contributed by atoms with Gasteiger partial charge in [-0.2, -0.15) is 5.26 Å². The van der Waals surface area contributed by atoms with Gasteiger partial charge in [-0.1, -0.05) is 12.1 Å². The van der Waals surface area contributed by atoms with Crippen molar-refractivity contribution in [3.63, 3.8) is 0 Å². The molecule has 0 saturated heterocycles. The first-order chi connectivity index (χ1) is 7.56. The van der Waals surface area contributed by atoms with Crippen LogP contribution in [0.5, 0.6) is 0 Å². The van der Waals surface area contributed by atoms with E-state index in [9.17, 15) is 18.9 Å². The van der Waals surface area contributed by atoms with Crippen LogP contribution in [-0.4, -0.2) is 13.7 Å². The van der Waals surface area contributed by atoms with Crippen molar-refractivity contribution in [1.82, 2.24) is 0 Å². The number of hydrogen-bond donors (Lipinski definition) is 0. The summed E-state index contributed by atoms with van der Waals surface area (Å²) in [5, 5.41) is 17.9. The highest BCUT2D eigenvalue weighted by atomic mass is 32.2. The molecule has 0 spiro atoms. The molecule has 0 bridgehead atoms. The number of hydrogen-bond acceptors (Lipinski definition) is 5. The van der Waals surface area contributed by atoms with Gasteiger partial charge in [-0.05, 0) is 16.6 Å². The summed E-state index contributed by atoms with van der Waals surface area (Å²) >= 11 is -2.47. The number of nitro groups is 1. The lowest BCUT2D eigenvalue weighted by Gasteiger charge is -2.16. The second kappa shape index (κ2) is 5.34. The Morgan fingerprint density at radius 1 is 1.56 bits per heavy atom. The van der Waals surface area contributed by atoms with E-state index < -0.39 is 21.3 Å². The van der Waals surface area contributed by atoms with Crippen LogP contribution in [-0.2, 0) is 11.1 Å². The van der Waals surface area contributed by atoms with E-state index in [1.165, 1.54) is 18.2 Å². The van der Waals surface area contributed by atoms with Gasteiger partial charge in [-0.15, -0.1) is 0 Å². The lowest BCUT2D eigenvalue weighted by atomic mass is 10.1. The molecule has 0 aliphatic rings. The molecule has 0 heterocycles. The fourth-order valence-electron chi connectivity index (χ4n) is 1.22. The van der Waals surface area contributed by atoms with E-state index in [0.717, 1.165) is 6.07 Å². The molecule has 0 radical (unpaired) electrons. The van der Waals surface area contributed by atoms with E-state index in [4.69, 9.17) is 5.26 Å². The molecule has 1 rings (SSSR count). The number of rotatable bonds is 4. The van der Waals surface area contributed by atoms with E-state index in [0.29, 0.717) is 0 Å². The Kier molecular flexibility index (Phi) is 4.10. The van der Waals surface area contributed by atoms with Crippen LogP contribution in [0, 0.1) is 21.4 Å². The summed E-state index contributed by atoms with van der Waals surface area (Å²) in [6.45, 7) is 0. The first-order valence-corrected chi connectivity index (χ1v) is 5.39. The normalized spacial score (nSPS) is 13.8. The monoisotopic (exact) mass is 239 g/mol. The number of nitriles is 1. The zero-order valence-electron chi connectivity index (χ0n) is 8.03. The Balaban J connectivity index is 3.10. The van der Waals surface area contributed by atoms with Gasteiger partial charge in [0.25, 0.3) is 5.69 Å².